The number of nitrogen functional groups attached to an aromatic ring is 1. The van der Waals surface area contributed by atoms with Crippen molar-refractivity contribution in [2.45, 2.75) is 32.6 Å². The molecule has 0 bridgehead atoms. The summed E-state index contributed by atoms with van der Waals surface area (Å²) in [6, 6.07) is 0. The Bertz CT molecular complexity index is 348. The minimum Gasteiger partial charge on any atom is -0.370 e. The summed E-state index contributed by atoms with van der Waals surface area (Å²) in [5, 5.41) is 3.34. The smallest absolute Gasteiger partial charge is 0.148 e. The van der Waals surface area contributed by atoms with Crippen LogP contribution in [0.3, 0.4) is 0 Å². The van der Waals surface area contributed by atoms with Crippen LogP contribution in [0.15, 0.2) is 6.33 Å². The zero-order valence-electron chi connectivity index (χ0n) is 9.66. The first-order chi connectivity index (χ1) is 7.81. The molecule has 0 radical (unpaired) electrons. The second-order valence-electron chi connectivity index (χ2n) is 4.35. The zero-order valence-corrected chi connectivity index (χ0v) is 9.66. The van der Waals surface area contributed by atoms with Gasteiger partial charge < -0.3 is 10.7 Å². The highest BCUT2D eigenvalue weighted by Gasteiger charge is 2.16. The second-order valence-corrected chi connectivity index (χ2v) is 4.35. The molecule has 1 aliphatic rings. The molecule has 5 heteroatoms. The number of nitrogens with two attached hydrogens (primary N) is 1. The summed E-state index contributed by atoms with van der Waals surface area (Å²) >= 11 is 0. The Hall–Kier alpha value is -1.36. The molecule has 1 heterocycles. The molecule has 0 aliphatic heterocycles. The van der Waals surface area contributed by atoms with Gasteiger partial charge >= 0.3 is 0 Å². The lowest BCUT2D eigenvalue weighted by atomic mass is 9.83. The molecule has 1 aliphatic carbocycles. The zero-order chi connectivity index (χ0) is 11.4. The molecule has 0 aromatic carbocycles. The van der Waals surface area contributed by atoms with Crippen molar-refractivity contribution < 1.29 is 0 Å². The summed E-state index contributed by atoms with van der Waals surface area (Å²) in [5.74, 6) is 7.84. The SMILES string of the molecule is Cc1c(NN)ncnc1NCCC1CCC1. The van der Waals surface area contributed by atoms with Gasteiger partial charge in [0.15, 0.2) is 0 Å². The summed E-state index contributed by atoms with van der Waals surface area (Å²) in [6.45, 7) is 2.94. The minimum absolute atomic E-state index is 0.682. The molecule has 2 rings (SSSR count). The first-order valence-corrected chi connectivity index (χ1v) is 5.83. The first-order valence-electron chi connectivity index (χ1n) is 5.83. The fourth-order valence-corrected chi connectivity index (χ4v) is 1.95. The van der Waals surface area contributed by atoms with Gasteiger partial charge in [0, 0.05) is 12.1 Å². The summed E-state index contributed by atoms with van der Waals surface area (Å²) in [6.07, 6.45) is 6.93. The van der Waals surface area contributed by atoms with Gasteiger partial charge in [0.05, 0.1) is 0 Å². The molecule has 4 N–H and O–H groups in total. The number of rotatable bonds is 5. The topological polar surface area (TPSA) is 75.9 Å². The van der Waals surface area contributed by atoms with E-state index in [2.05, 4.69) is 20.7 Å². The second kappa shape index (κ2) is 5.12. The number of nitrogens with zero attached hydrogens (tertiary/aromatic N) is 2. The van der Waals surface area contributed by atoms with Gasteiger partial charge in [-0.15, -0.1) is 0 Å². The van der Waals surface area contributed by atoms with Gasteiger partial charge in [-0.25, -0.2) is 15.8 Å². The normalized spacial score (nSPS) is 15.6. The third-order valence-electron chi connectivity index (χ3n) is 3.29. The van der Waals surface area contributed by atoms with Crippen molar-refractivity contribution in [1.82, 2.24) is 9.97 Å². The predicted octanol–water partition coefficient (Wildman–Crippen LogP) is 1.67. The van der Waals surface area contributed by atoms with E-state index < -0.39 is 0 Å². The van der Waals surface area contributed by atoms with Crippen LogP contribution in [-0.2, 0) is 0 Å². The van der Waals surface area contributed by atoms with Crippen molar-refractivity contribution in [1.29, 1.82) is 0 Å². The molecule has 0 atom stereocenters. The lowest BCUT2D eigenvalue weighted by Gasteiger charge is -2.25. The van der Waals surface area contributed by atoms with Gasteiger partial charge in [0.1, 0.15) is 18.0 Å². The van der Waals surface area contributed by atoms with Crippen LogP contribution in [0.1, 0.15) is 31.2 Å². The summed E-state index contributed by atoms with van der Waals surface area (Å²) < 4.78 is 0. The fraction of sp³-hybridized carbons (Fsp3) is 0.636. The maximum atomic E-state index is 5.36. The van der Waals surface area contributed by atoms with Crippen LogP contribution in [0.4, 0.5) is 11.6 Å². The van der Waals surface area contributed by atoms with Gasteiger partial charge in [-0.05, 0) is 19.3 Å². The van der Waals surface area contributed by atoms with Crippen LogP contribution < -0.4 is 16.6 Å². The maximum absolute atomic E-state index is 5.36. The lowest BCUT2D eigenvalue weighted by Crippen LogP contribution is -2.17. The Morgan fingerprint density at radius 1 is 1.38 bits per heavy atom. The average Bonchev–Trinajstić information content (AvgIpc) is 2.24. The standard InChI is InChI=1S/C11H19N5/c1-8-10(14-7-15-11(8)16-12)13-6-5-9-3-2-4-9/h7,9H,2-6,12H2,1H3,(H2,13,14,15,16). The molecule has 16 heavy (non-hydrogen) atoms. The lowest BCUT2D eigenvalue weighted by molar-refractivity contribution is 0.303. The highest BCUT2D eigenvalue weighted by molar-refractivity contribution is 5.55. The highest BCUT2D eigenvalue weighted by Crippen LogP contribution is 2.29. The first kappa shape index (κ1) is 11.1. The molecule has 1 aromatic heterocycles. The van der Waals surface area contributed by atoms with Crippen molar-refractivity contribution in [3.8, 4) is 0 Å². The number of hydrazine groups is 1. The Morgan fingerprint density at radius 3 is 2.75 bits per heavy atom. The van der Waals surface area contributed by atoms with Crippen molar-refractivity contribution >= 4 is 11.6 Å². The van der Waals surface area contributed by atoms with Crippen LogP contribution in [-0.4, -0.2) is 16.5 Å². The highest BCUT2D eigenvalue weighted by atomic mass is 15.3. The van der Waals surface area contributed by atoms with Crippen LogP contribution in [0.2, 0.25) is 0 Å². The molecule has 5 nitrogen and oxygen atoms in total. The van der Waals surface area contributed by atoms with E-state index in [0.29, 0.717) is 5.82 Å². The largest absolute Gasteiger partial charge is 0.370 e. The maximum Gasteiger partial charge on any atom is 0.148 e. The third kappa shape index (κ3) is 2.41. The van der Waals surface area contributed by atoms with Crippen molar-refractivity contribution in [3.05, 3.63) is 11.9 Å². The van der Waals surface area contributed by atoms with E-state index in [-0.39, 0.29) is 0 Å². The van der Waals surface area contributed by atoms with Crippen molar-refractivity contribution in [2.24, 2.45) is 11.8 Å². The van der Waals surface area contributed by atoms with E-state index in [0.717, 1.165) is 23.8 Å². The number of nitrogens with one attached hydrogen (secondary N) is 2. The van der Waals surface area contributed by atoms with Gasteiger partial charge in [0.25, 0.3) is 0 Å². The van der Waals surface area contributed by atoms with Gasteiger partial charge in [-0.1, -0.05) is 19.3 Å². The minimum atomic E-state index is 0.682. The Morgan fingerprint density at radius 2 is 2.12 bits per heavy atom. The Kier molecular flexibility index (Phi) is 3.56. The average molecular weight is 221 g/mol. The molecule has 0 saturated heterocycles. The van der Waals surface area contributed by atoms with Crippen molar-refractivity contribution in [2.75, 3.05) is 17.3 Å². The van der Waals surface area contributed by atoms with E-state index in [1.54, 1.807) is 0 Å². The monoisotopic (exact) mass is 221 g/mol. The number of hydrogen-bond donors (Lipinski definition) is 3. The molecule has 1 saturated carbocycles. The Balaban J connectivity index is 1.87. The van der Waals surface area contributed by atoms with Crippen LogP contribution >= 0.6 is 0 Å². The van der Waals surface area contributed by atoms with Crippen LogP contribution in [0, 0.1) is 12.8 Å². The van der Waals surface area contributed by atoms with E-state index >= 15 is 0 Å². The molecule has 0 amide bonds. The number of hydrogen-bond acceptors (Lipinski definition) is 5. The van der Waals surface area contributed by atoms with Crippen LogP contribution in [0.5, 0.6) is 0 Å². The van der Waals surface area contributed by atoms with Gasteiger partial charge in [0.2, 0.25) is 0 Å². The molecule has 0 unspecified atom stereocenters. The Labute approximate surface area is 95.8 Å². The van der Waals surface area contributed by atoms with Crippen molar-refractivity contribution in [3.63, 3.8) is 0 Å². The number of anilines is 2. The predicted molar refractivity (Wildman–Crippen MR) is 65.0 cm³/mol. The molecule has 88 valence electrons. The number of aromatic nitrogens is 2. The quantitative estimate of drug-likeness (QED) is 0.521. The third-order valence-corrected chi connectivity index (χ3v) is 3.29. The molecule has 1 aromatic rings. The van der Waals surface area contributed by atoms with E-state index in [1.165, 1.54) is 32.0 Å². The van der Waals surface area contributed by atoms with Gasteiger partial charge in [-0.3, -0.25) is 0 Å². The molecular weight excluding hydrogens is 202 g/mol. The molecule has 1 fully saturated rings. The summed E-state index contributed by atoms with van der Waals surface area (Å²) in [4.78, 5) is 8.25. The molecular formula is C11H19N5. The van der Waals surface area contributed by atoms with E-state index in [4.69, 9.17) is 5.84 Å². The summed E-state index contributed by atoms with van der Waals surface area (Å²) in [7, 11) is 0. The molecule has 0 spiro atoms. The van der Waals surface area contributed by atoms with Gasteiger partial charge in [-0.2, -0.15) is 0 Å². The van der Waals surface area contributed by atoms with Crippen LogP contribution in [0.25, 0.3) is 0 Å². The summed E-state index contributed by atoms with van der Waals surface area (Å²) in [5.41, 5.74) is 3.54. The van der Waals surface area contributed by atoms with E-state index in [9.17, 15) is 0 Å². The van der Waals surface area contributed by atoms with E-state index in [1.807, 2.05) is 6.92 Å². The fourth-order valence-electron chi connectivity index (χ4n) is 1.95.